The average molecular weight is 479 g/mol. The van der Waals surface area contributed by atoms with Gasteiger partial charge in [-0.2, -0.15) is 0 Å². The molecule has 0 amide bonds. The van der Waals surface area contributed by atoms with Gasteiger partial charge in [-0.1, -0.05) is 53.2 Å². The molecule has 0 bridgehead atoms. The number of carbonyl (C=O) groups is 1. The van der Waals surface area contributed by atoms with E-state index in [-0.39, 0.29) is 10.8 Å². The fraction of sp³-hybridized carbons (Fsp3) is 0.581. The molecular weight excluding hydrogens is 436 g/mol. The van der Waals surface area contributed by atoms with Crippen molar-refractivity contribution >= 4 is 5.97 Å². The standard InChI is InChI=1S/C31H42O4/c1-6-17-34-28-14-11-22(18-25(28)26-10-8-15-30(26,3)4)20-35-24-13-12-23-9-7-16-31(5,27(23)19-24)21(2)29(32)33/h11-14,18-19,21,26H,6-10,15-17,20H2,1-5H3,(H,32,33)/t21?,26?,31-/m0/s1. The van der Waals surface area contributed by atoms with Gasteiger partial charge in [-0.3, -0.25) is 4.79 Å². The lowest BCUT2D eigenvalue weighted by Crippen LogP contribution is -2.38. The van der Waals surface area contributed by atoms with Gasteiger partial charge in [-0.05, 0) is 96.4 Å². The predicted molar refractivity (Wildman–Crippen MR) is 140 cm³/mol. The summed E-state index contributed by atoms with van der Waals surface area (Å²) in [5, 5.41) is 9.73. The molecule has 4 rings (SSSR count). The van der Waals surface area contributed by atoms with E-state index in [0.29, 0.717) is 12.5 Å². The van der Waals surface area contributed by atoms with E-state index in [1.807, 2.05) is 13.0 Å². The number of ether oxygens (including phenoxy) is 2. The fourth-order valence-electron chi connectivity index (χ4n) is 6.27. The topological polar surface area (TPSA) is 55.8 Å². The minimum Gasteiger partial charge on any atom is -0.493 e. The maximum atomic E-state index is 11.8. The molecule has 4 nitrogen and oxygen atoms in total. The highest BCUT2D eigenvalue weighted by Gasteiger charge is 2.41. The normalized spacial score (nSPS) is 24.0. The van der Waals surface area contributed by atoms with E-state index in [1.165, 1.54) is 30.4 Å². The van der Waals surface area contributed by atoms with E-state index < -0.39 is 11.9 Å². The lowest BCUT2D eigenvalue weighted by atomic mass is 9.64. The van der Waals surface area contributed by atoms with Crippen LogP contribution in [0.2, 0.25) is 0 Å². The van der Waals surface area contributed by atoms with Crippen molar-refractivity contribution in [2.24, 2.45) is 11.3 Å². The van der Waals surface area contributed by atoms with Crippen LogP contribution in [0.4, 0.5) is 0 Å². The van der Waals surface area contributed by atoms with Crippen molar-refractivity contribution in [3.8, 4) is 11.5 Å². The summed E-state index contributed by atoms with van der Waals surface area (Å²) in [6.45, 7) is 12.0. The van der Waals surface area contributed by atoms with E-state index >= 15 is 0 Å². The van der Waals surface area contributed by atoms with Crippen LogP contribution in [0, 0.1) is 11.3 Å². The van der Waals surface area contributed by atoms with Gasteiger partial charge < -0.3 is 14.6 Å². The van der Waals surface area contributed by atoms with Crippen LogP contribution in [0.3, 0.4) is 0 Å². The van der Waals surface area contributed by atoms with Crippen molar-refractivity contribution in [3.05, 3.63) is 58.7 Å². The third kappa shape index (κ3) is 5.22. The van der Waals surface area contributed by atoms with Crippen molar-refractivity contribution in [2.45, 2.75) is 97.5 Å². The highest BCUT2D eigenvalue weighted by Crippen LogP contribution is 2.51. The number of carboxylic acids is 1. The average Bonchev–Trinajstić information content (AvgIpc) is 3.20. The third-order valence-corrected chi connectivity index (χ3v) is 8.74. The highest BCUT2D eigenvalue weighted by atomic mass is 16.5. The van der Waals surface area contributed by atoms with Crippen molar-refractivity contribution in [1.29, 1.82) is 0 Å². The van der Waals surface area contributed by atoms with Gasteiger partial charge in [0.05, 0.1) is 12.5 Å². The van der Waals surface area contributed by atoms with Crippen molar-refractivity contribution in [2.75, 3.05) is 6.61 Å². The summed E-state index contributed by atoms with van der Waals surface area (Å²) >= 11 is 0. The number of aliphatic carboxylic acids is 1. The molecule has 0 radical (unpaired) electrons. The molecule has 2 aliphatic carbocycles. The Hall–Kier alpha value is -2.49. The number of hydrogen-bond acceptors (Lipinski definition) is 3. The molecule has 35 heavy (non-hydrogen) atoms. The summed E-state index contributed by atoms with van der Waals surface area (Å²) in [7, 11) is 0. The molecule has 1 saturated carbocycles. The quantitative estimate of drug-likeness (QED) is 0.402. The van der Waals surface area contributed by atoms with Gasteiger partial charge >= 0.3 is 5.97 Å². The summed E-state index contributed by atoms with van der Waals surface area (Å²) in [6.07, 6.45) is 7.60. The molecule has 0 saturated heterocycles. The zero-order valence-electron chi connectivity index (χ0n) is 22.2. The molecule has 2 aromatic rings. The summed E-state index contributed by atoms with van der Waals surface area (Å²) in [6, 6.07) is 12.8. The van der Waals surface area contributed by atoms with Crippen LogP contribution in [0.1, 0.15) is 101 Å². The lowest BCUT2D eigenvalue weighted by Gasteiger charge is -2.39. The fourth-order valence-corrected chi connectivity index (χ4v) is 6.27. The Kier molecular flexibility index (Phi) is 7.49. The highest BCUT2D eigenvalue weighted by molar-refractivity contribution is 5.72. The SMILES string of the molecule is CCCOc1ccc(COc2ccc3c(c2)[C@](C)(C(C)C(=O)O)CCC3)cc1C1CCCC1(C)C. The van der Waals surface area contributed by atoms with Gasteiger partial charge in [-0.25, -0.2) is 0 Å². The van der Waals surface area contributed by atoms with E-state index in [1.54, 1.807) is 0 Å². The summed E-state index contributed by atoms with van der Waals surface area (Å²) in [5.74, 6) is 1.15. The second-order valence-electron chi connectivity index (χ2n) is 11.6. The van der Waals surface area contributed by atoms with Crippen LogP contribution in [0.5, 0.6) is 11.5 Å². The first-order chi connectivity index (χ1) is 16.7. The second kappa shape index (κ2) is 10.2. The van der Waals surface area contributed by atoms with Gasteiger partial charge in [0.25, 0.3) is 0 Å². The Morgan fingerprint density at radius 2 is 1.89 bits per heavy atom. The van der Waals surface area contributed by atoms with Crippen LogP contribution in [-0.2, 0) is 23.2 Å². The van der Waals surface area contributed by atoms with Gasteiger partial charge in [0.15, 0.2) is 0 Å². The van der Waals surface area contributed by atoms with Gasteiger partial charge in [0, 0.05) is 5.41 Å². The monoisotopic (exact) mass is 478 g/mol. The Morgan fingerprint density at radius 3 is 2.57 bits per heavy atom. The molecule has 4 heteroatoms. The minimum absolute atomic E-state index is 0.271. The number of benzene rings is 2. The number of rotatable bonds is 9. The number of carboxylic acid groups (broad SMARTS) is 1. The molecule has 3 atom stereocenters. The first-order valence-electron chi connectivity index (χ1n) is 13.4. The molecule has 1 N–H and O–H groups in total. The Morgan fingerprint density at radius 1 is 1.09 bits per heavy atom. The number of fused-ring (bicyclic) bond motifs is 1. The van der Waals surface area contributed by atoms with Crippen molar-refractivity contribution in [3.63, 3.8) is 0 Å². The zero-order valence-corrected chi connectivity index (χ0v) is 22.2. The molecule has 190 valence electrons. The largest absolute Gasteiger partial charge is 0.493 e. The summed E-state index contributed by atoms with van der Waals surface area (Å²) < 4.78 is 12.4. The predicted octanol–water partition coefficient (Wildman–Crippen LogP) is 7.66. The molecule has 2 aromatic carbocycles. The lowest BCUT2D eigenvalue weighted by molar-refractivity contribution is -0.143. The zero-order chi connectivity index (χ0) is 25.2. The minimum atomic E-state index is -0.737. The summed E-state index contributed by atoms with van der Waals surface area (Å²) in [4.78, 5) is 11.8. The Bertz CT molecular complexity index is 1060. The van der Waals surface area contributed by atoms with E-state index in [0.717, 1.165) is 54.9 Å². The van der Waals surface area contributed by atoms with E-state index in [2.05, 4.69) is 58.0 Å². The van der Waals surface area contributed by atoms with E-state index in [4.69, 9.17) is 9.47 Å². The van der Waals surface area contributed by atoms with Crippen molar-refractivity contribution in [1.82, 2.24) is 0 Å². The van der Waals surface area contributed by atoms with Crippen LogP contribution < -0.4 is 9.47 Å². The number of aryl methyl sites for hydroxylation is 1. The maximum absolute atomic E-state index is 11.8. The molecule has 2 unspecified atom stereocenters. The van der Waals surface area contributed by atoms with Crippen LogP contribution >= 0.6 is 0 Å². The van der Waals surface area contributed by atoms with Crippen molar-refractivity contribution < 1.29 is 19.4 Å². The van der Waals surface area contributed by atoms with Crippen LogP contribution in [0.25, 0.3) is 0 Å². The first kappa shape index (κ1) is 25.6. The third-order valence-electron chi connectivity index (χ3n) is 8.74. The molecule has 0 aromatic heterocycles. The smallest absolute Gasteiger partial charge is 0.307 e. The van der Waals surface area contributed by atoms with Gasteiger partial charge in [-0.15, -0.1) is 0 Å². The van der Waals surface area contributed by atoms with Crippen LogP contribution in [-0.4, -0.2) is 17.7 Å². The Balaban J connectivity index is 1.57. The molecule has 2 aliphatic rings. The maximum Gasteiger partial charge on any atom is 0.307 e. The van der Waals surface area contributed by atoms with Gasteiger partial charge in [0.2, 0.25) is 0 Å². The molecular formula is C31H42O4. The first-order valence-corrected chi connectivity index (χ1v) is 13.4. The second-order valence-corrected chi connectivity index (χ2v) is 11.6. The molecule has 0 aliphatic heterocycles. The molecule has 1 fully saturated rings. The van der Waals surface area contributed by atoms with Gasteiger partial charge in [0.1, 0.15) is 18.1 Å². The van der Waals surface area contributed by atoms with E-state index in [9.17, 15) is 9.90 Å². The Labute approximate surface area is 211 Å². The number of hydrogen-bond donors (Lipinski definition) is 1. The molecule has 0 spiro atoms. The summed E-state index contributed by atoms with van der Waals surface area (Å²) in [5.41, 5.74) is 4.74. The van der Waals surface area contributed by atoms with Crippen LogP contribution in [0.15, 0.2) is 36.4 Å². The molecule has 0 heterocycles.